The molecule has 0 saturated carbocycles. The van der Waals surface area contributed by atoms with E-state index in [9.17, 15) is 0 Å². The van der Waals surface area contributed by atoms with Crippen LogP contribution in [0.25, 0.3) is 0 Å². The third kappa shape index (κ3) is 1.61. The molecule has 0 aliphatic carbocycles. The fraction of sp³-hybridized carbons (Fsp3) is 0.333. The van der Waals surface area contributed by atoms with Gasteiger partial charge in [-0.05, 0) is 19.9 Å². The topological polar surface area (TPSA) is 51.3 Å². The van der Waals surface area contributed by atoms with E-state index in [-0.39, 0.29) is 0 Å². The van der Waals surface area contributed by atoms with Crippen LogP contribution in [0.3, 0.4) is 0 Å². The van der Waals surface area contributed by atoms with Crippen LogP contribution >= 0.6 is 0 Å². The molecular formula is C9H13N3. The molecule has 0 aliphatic rings. The van der Waals surface area contributed by atoms with Gasteiger partial charge >= 0.3 is 0 Å². The summed E-state index contributed by atoms with van der Waals surface area (Å²) < 4.78 is 0. The lowest BCUT2D eigenvalue weighted by molar-refractivity contribution is 1.12. The summed E-state index contributed by atoms with van der Waals surface area (Å²) in [5, 5.41) is 0. The molecule has 1 rings (SSSR count). The quantitative estimate of drug-likeness (QED) is 0.635. The largest absolute Gasteiger partial charge is 0.397 e. The molecule has 0 aliphatic heterocycles. The lowest BCUT2D eigenvalue weighted by Crippen LogP contribution is -2.00. The number of aliphatic imine (C=N–C) groups is 1. The van der Waals surface area contributed by atoms with Crippen molar-refractivity contribution in [2.24, 2.45) is 4.99 Å². The number of anilines is 1. The van der Waals surface area contributed by atoms with E-state index >= 15 is 0 Å². The molecule has 0 radical (unpaired) electrons. The molecule has 0 atom stereocenters. The SMILES string of the molecule is CN=Cc1cc(C)nc(C)c1N. The summed E-state index contributed by atoms with van der Waals surface area (Å²) in [5.74, 6) is 0. The standard InChI is InChI=1S/C9H13N3/c1-6-4-8(5-11-3)9(10)7(2)12-6/h4-5H,10H2,1-3H3. The van der Waals surface area contributed by atoms with Crippen LogP contribution in [-0.4, -0.2) is 18.2 Å². The van der Waals surface area contributed by atoms with Crippen LogP contribution in [0.5, 0.6) is 0 Å². The molecule has 0 amide bonds. The number of rotatable bonds is 1. The molecule has 3 nitrogen and oxygen atoms in total. The van der Waals surface area contributed by atoms with Gasteiger partial charge in [-0.1, -0.05) is 0 Å². The molecule has 0 spiro atoms. The van der Waals surface area contributed by atoms with Crippen molar-refractivity contribution in [2.45, 2.75) is 13.8 Å². The minimum absolute atomic E-state index is 0.714. The van der Waals surface area contributed by atoms with Crippen LogP contribution in [0.15, 0.2) is 11.1 Å². The highest BCUT2D eigenvalue weighted by Gasteiger charge is 2.01. The second-order valence-corrected chi connectivity index (χ2v) is 2.74. The Morgan fingerprint density at radius 1 is 1.50 bits per heavy atom. The molecule has 2 N–H and O–H groups in total. The van der Waals surface area contributed by atoms with Gasteiger partial charge in [-0.3, -0.25) is 9.98 Å². The van der Waals surface area contributed by atoms with Crippen molar-refractivity contribution in [1.29, 1.82) is 0 Å². The number of hydrogen-bond acceptors (Lipinski definition) is 3. The predicted octanol–water partition coefficient (Wildman–Crippen LogP) is 1.33. The monoisotopic (exact) mass is 163 g/mol. The Labute approximate surface area is 72.3 Å². The molecule has 64 valence electrons. The first kappa shape index (κ1) is 8.71. The number of aromatic nitrogens is 1. The Kier molecular flexibility index (Phi) is 2.43. The van der Waals surface area contributed by atoms with Gasteiger partial charge in [0.15, 0.2) is 0 Å². The summed E-state index contributed by atoms with van der Waals surface area (Å²) in [6, 6.07) is 1.93. The van der Waals surface area contributed by atoms with Gasteiger partial charge < -0.3 is 5.73 Å². The molecule has 12 heavy (non-hydrogen) atoms. The first-order valence-electron chi connectivity index (χ1n) is 3.81. The van der Waals surface area contributed by atoms with Crippen molar-refractivity contribution in [3.8, 4) is 0 Å². The average Bonchev–Trinajstić information content (AvgIpc) is 2.00. The van der Waals surface area contributed by atoms with Gasteiger partial charge in [0.05, 0.1) is 11.4 Å². The van der Waals surface area contributed by atoms with Crippen molar-refractivity contribution < 1.29 is 0 Å². The van der Waals surface area contributed by atoms with Crippen molar-refractivity contribution in [3.05, 3.63) is 23.0 Å². The highest BCUT2D eigenvalue weighted by Crippen LogP contribution is 2.13. The van der Waals surface area contributed by atoms with Gasteiger partial charge in [0, 0.05) is 24.5 Å². The molecule has 0 aromatic carbocycles. The van der Waals surface area contributed by atoms with E-state index in [1.54, 1.807) is 13.3 Å². The molecule has 0 unspecified atom stereocenters. The van der Waals surface area contributed by atoms with E-state index in [0.717, 1.165) is 17.0 Å². The van der Waals surface area contributed by atoms with Crippen molar-refractivity contribution in [2.75, 3.05) is 12.8 Å². The third-order valence-electron chi connectivity index (χ3n) is 1.68. The summed E-state index contributed by atoms with van der Waals surface area (Å²) in [5.41, 5.74) is 9.28. The van der Waals surface area contributed by atoms with Crippen LogP contribution in [-0.2, 0) is 0 Å². The minimum atomic E-state index is 0.714. The van der Waals surface area contributed by atoms with Gasteiger partial charge in [-0.15, -0.1) is 0 Å². The summed E-state index contributed by atoms with van der Waals surface area (Å²) in [7, 11) is 1.73. The molecule has 0 fully saturated rings. The first-order chi connectivity index (χ1) is 5.65. The maximum atomic E-state index is 5.78. The zero-order valence-corrected chi connectivity index (χ0v) is 7.63. The number of nitrogens with zero attached hydrogens (tertiary/aromatic N) is 2. The van der Waals surface area contributed by atoms with Crippen LogP contribution < -0.4 is 5.73 Å². The highest BCUT2D eigenvalue weighted by atomic mass is 14.8. The Morgan fingerprint density at radius 3 is 2.75 bits per heavy atom. The maximum absolute atomic E-state index is 5.78. The van der Waals surface area contributed by atoms with E-state index < -0.39 is 0 Å². The lowest BCUT2D eigenvalue weighted by Gasteiger charge is -2.04. The molecule has 0 saturated heterocycles. The third-order valence-corrected chi connectivity index (χ3v) is 1.68. The molecule has 3 heteroatoms. The zero-order chi connectivity index (χ0) is 9.14. The van der Waals surface area contributed by atoms with E-state index in [2.05, 4.69) is 9.98 Å². The molecule has 0 bridgehead atoms. The van der Waals surface area contributed by atoms with E-state index in [1.165, 1.54) is 0 Å². The smallest absolute Gasteiger partial charge is 0.0619 e. The van der Waals surface area contributed by atoms with E-state index in [0.29, 0.717) is 5.69 Å². The number of hydrogen-bond donors (Lipinski definition) is 1. The van der Waals surface area contributed by atoms with Crippen LogP contribution in [0.1, 0.15) is 17.0 Å². The molecular weight excluding hydrogens is 150 g/mol. The fourth-order valence-electron chi connectivity index (χ4n) is 1.11. The Bertz CT molecular complexity index is 316. The fourth-order valence-corrected chi connectivity index (χ4v) is 1.11. The Morgan fingerprint density at radius 2 is 2.17 bits per heavy atom. The lowest BCUT2D eigenvalue weighted by atomic mass is 10.1. The summed E-state index contributed by atoms with van der Waals surface area (Å²) in [4.78, 5) is 8.15. The molecule has 1 aromatic heterocycles. The van der Waals surface area contributed by atoms with Crippen LogP contribution in [0.4, 0.5) is 5.69 Å². The molecule has 1 heterocycles. The summed E-state index contributed by atoms with van der Waals surface area (Å²) >= 11 is 0. The second-order valence-electron chi connectivity index (χ2n) is 2.74. The second kappa shape index (κ2) is 3.34. The van der Waals surface area contributed by atoms with Gasteiger partial charge in [-0.2, -0.15) is 0 Å². The minimum Gasteiger partial charge on any atom is -0.397 e. The number of aryl methyl sites for hydroxylation is 2. The van der Waals surface area contributed by atoms with Gasteiger partial charge in [0.25, 0.3) is 0 Å². The van der Waals surface area contributed by atoms with Crippen LogP contribution in [0.2, 0.25) is 0 Å². The Hall–Kier alpha value is -1.38. The van der Waals surface area contributed by atoms with Gasteiger partial charge in [0.2, 0.25) is 0 Å². The highest BCUT2D eigenvalue weighted by molar-refractivity contribution is 5.87. The zero-order valence-electron chi connectivity index (χ0n) is 7.63. The van der Waals surface area contributed by atoms with Gasteiger partial charge in [0.1, 0.15) is 0 Å². The Balaban J connectivity index is 3.27. The predicted molar refractivity (Wildman–Crippen MR) is 51.6 cm³/mol. The number of nitrogens with two attached hydrogens (primary N) is 1. The van der Waals surface area contributed by atoms with Crippen LogP contribution in [0, 0.1) is 13.8 Å². The number of nitrogen functional groups attached to an aromatic ring is 1. The average molecular weight is 163 g/mol. The normalized spacial score (nSPS) is 10.9. The van der Waals surface area contributed by atoms with Crippen molar-refractivity contribution >= 4 is 11.9 Å². The summed E-state index contributed by atoms with van der Waals surface area (Å²) in [6.45, 7) is 3.84. The maximum Gasteiger partial charge on any atom is 0.0619 e. The van der Waals surface area contributed by atoms with E-state index in [1.807, 2.05) is 19.9 Å². The number of pyridine rings is 1. The van der Waals surface area contributed by atoms with E-state index in [4.69, 9.17) is 5.73 Å². The summed E-state index contributed by atoms with van der Waals surface area (Å²) in [6.07, 6.45) is 1.75. The molecule has 1 aromatic rings. The van der Waals surface area contributed by atoms with Gasteiger partial charge in [-0.25, -0.2) is 0 Å². The van der Waals surface area contributed by atoms with Crippen molar-refractivity contribution in [3.63, 3.8) is 0 Å². The first-order valence-corrected chi connectivity index (χ1v) is 3.81. The van der Waals surface area contributed by atoms with Crippen molar-refractivity contribution in [1.82, 2.24) is 4.98 Å².